The number of hydrogen-bond acceptors (Lipinski definition) is 2. The van der Waals surface area contributed by atoms with Crippen LogP contribution in [-0.2, 0) is 12.8 Å². The van der Waals surface area contributed by atoms with E-state index in [1.54, 1.807) is 0 Å². The molecule has 0 aliphatic carbocycles. The summed E-state index contributed by atoms with van der Waals surface area (Å²) in [5.74, 6) is -1.61. The van der Waals surface area contributed by atoms with Gasteiger partial charge in [0.25, 0.3) is 0 Å². The molecular formula is C14H9F5OS. The topological polar surface area (TPSA) is 20.2 Å². The highest BCUT2D eigenvalue weighted by atomic mass is 32.2. The maximum Gasteiger partial charge on any atom is 0.416 e. The molecule has 112 valence electrons. The lowest BCUT2D eigenvalue weighted by atomic mass is 10.1. The number of halogens is 5. The third kappa shape index (κ3) is 3.74. The van der Waals surface area contributed by atoms with Crippen LogP contribution in [0.4, 0.5) is 22.0 Å². The van der Waals surface area contributed by atoms with Gasteiger partial charge in [0.05, 0.1) is 12.2 Å². The molecule has 0 aromatic heterocycles. The molecule has 1 nitrogen and oxygen atoms in total. The average Bonchev–Trinajstić information content (AvgIpc) is 2.41. The van der Waals surface area contributed by atoms with E-state index in [4.69, 9.17) is 5.11 Å². The first kappa shape index (κ1) is 15.8. The monoisotopic (exact) mass is 320 g/mol. The van der Waals surface area contributed by atoms with Gasteiger partial charge in [-0.1, -0.05) is 17.8 Å². The van der Waals surface area contributed by atoms with Crippen molar-refractivity contribution in [2.45, 2.75) is 22.6 Å². The van der Waals surface area contributed by atoms with Gasteiger partial charge < -0.3 is 5.11 Å². The standard InChI is InChI=1S/C14H9F5OS/c15-9-2-4-13(12(16)5-9)21-10-3-1-8(7-20)11(6-10)14(17,18)19/h1-6,20H,7H2. The Morgan fingerprint density at radius 2 is 1.71 bits per heavy atom. The smallest absolute Gasteiger partial charge is 0.392 e. The van der Waals surface area contributed by atoms with Crippen LogP contribution in [0.1, 0.15) is 11.1 Å². The molecule has 21 heavy (non-hydrogen) atoms. The summed E-state index contributed by atoms with van der Waals surface area (Å²) in [4.78, 5) is 0.159. The van der Waals surface area contributed by atoms with Gasteiger partial charge in [0, 0.05) is 15.9 Å². The summed E-state index contributed by atoms with van der Waals surface area (Å²) in [6, 6.07) is 6.15. The molecule has 0 amide bonds. The molecule has 0 bridgehead atoms. The lowest BCUT2D eigenvalue weighted by Gasteiger charge is -2.13. The zero-order valence-electron chi connectivity index (χ0n) is 10.4. The van der Waals surface area contributed by atoms with Crippen LogP contribution < -0.4 is 0 Å². The molecule has 0 atom stereocenters. The molecule has 0 unspecified atom stereocenters. The first-order valence-electron chi connectivity index (χ1n) is 5.75. The lowest BCUT2D eigenvalue weighted by Crippen LogP contribution is -2.09. The van der Waals surface area contributed by atoms with Crippen molar-refractivity contribution in [2.24, 2.45) is 0 Å². The fourth-order valence-electron chi connectivity index (χ4n) is 1.71. The minimum atomic E-state index is -4.62. The van der Waals surface area contributed by atoms with Crippen LogP contribution in [0.15, 0.2) is 46.2 Å². The van der Waals surface area contributed by atoms with E-state index < -0.39 is 30.0 Å². The van der Waals surface area contributed by atoms with Crippen LogP contribution in [0.2, 0.25) is 0 Å². The molecule has 1 N–H and O–H groups in total. The van der Waals surface area contributed by atoms with Gasteiger partial charge in [-0.15, -0.1) is 0 Å². The summed E-state index contributed by atoms with van der Waals surface area (Å²) in [6.45, 7) is -0.745. The number of aliphatic hydroxyl groups is 1. The fourth-order valence-corrected chi connectivity index (χ4v) is 2.57. The highest BCUT2D eigenvalue weighted by Crippen LogP contribution is 2.37. The van der Waals surface area contributed by atoms with Gasteiger partial charge in [0.1, 0.15) is 11.6 Å². The summed E-state index contributed by atoms with van der Waals surface area (Å²) in [5.41, 5.74) is -1.23. The van der Waals surface area contributed by atoms with Crippen LogP contribution in [-0.4, -0.2) is 5.11 Å². The number of hydrogen-bond donors (Lipinski definition) is 1. The zero-order chi connectivity index (χ0) is 15.6. The molecule has 0 saturated heterocycles. The van der Waals surface area contributed by atoms with E-state index in [1.165, 1.54) is 6.07 Å². The molecule has 0 radical (unpaired) electrons. The number of rotatable bonds is 3. The van der Waals surface area contributed by atoms with Crippen molar-refractivity contribution in [1.29, 1.82) is 0 Å². The second-order valence-electron chi connectivity index (χ2n) is 4.15. The van der Waals surface area contributed by atoms with Crippen molar-refractivity contribution in [3.63, 3.8) is 0 Å². The first-order chi connectivity index (χ1) is 9.81. The van der Waals surface area contributed by atoms with Crippen molar-refractivity contribution in [1.82, 2.24) is 0 Å². The van der Waals surface area contributed by atoms with E-state index in [2.05, 4.69) is 0 Å². The van der Waals surface area contributed by atoms with Crippen LogP contribution in [0, 0.1) is 11.6 Å². The minimum Gasteiger partial charge on any atom is -0.392 e. The summed E-state index contributed by atoms with van der Waals surface area (Å²) in [5, 5.41) is 8.93. The molecule has 0 aliphatic heterocycles. The molecule has 7 heteroatoms. The number of aliphatic hydroxyl groups excluding tert-OH is 1. The number of alkyl halides is 3. The van der Waals surface area contributed by atoms with Crippen molar-refractivity contribution in [3.05, 3.63) is 59.2 Å². The van der Waals surface area contributed by atoms with Gasteiger partial charge in [-0.05, 0) is 29.8 Å². The van der Waals surface area contributed by atoms with Crippen LogP contribution in [0.3, 0.4) is 0 Å². The van der Waals surface area contributed by atoms with E-state index in [-0.39, 0.29) is 15.4 Å². The van der Waals surface area contributed by atoms with Crippen molar-refractivity contribution >= 4 is 11.8 Å². The van der Waals surface area contributed by atoms with Gasteiger partial charge in [-0.25, -0.2) is 8.78 Å². The number of benzene rings is 2. The van der Waals surface area contributed by atoms with E-state index >= 15 is 0 Å². The molecule has 0 saturated carbocycles. The predicted octanol–water partition coefficient (Wildman–Crippen LogP) is 4.63. The highest BCUT2D eigenvalue weighted by molar-refractivity contribution is 7.99. The van der Waals surface area contributed by atoms with E-state index in [0.717, 1.165) is 36.0 Å². The van der Waals surface area contributed by atoms with Crippen LogP contribution >= 0.6 is 11.8 Å². The van der Waals surface area contributed by atoms with Crippen molar-refractivity contribution in [3.8, 4) is 0 Å². The molecule has 0 heterocycles. The normalized spacial score (nSPS) is 11.7. The molecule has 0 aliphatic rings. The Morgan fingerprint density at radius 1 is 1.00 bits per heavy atom. The summed E-state index contributed by atoms with van der Waals surface area (Å²) in [6.07, 6.45) is -4.62. The quantitative estimate of drug-likeness (QED) is 0.832. The van der Waals surface area contributed by atoms with Crippen LogP contribution in [0.25, 0.3) is 0 Å². The Labute approximate surface area is 121 Å². The minimum absolute atomic E-state index is 0.0151. The Balaban J connectivity index is 2.37. The van der Waals surface area contributed by atoms with E-state index in [1.807, 2.05) is 0 Å². The molecule has 2 rings (SSSR count). The van der Waals surface area contributed by atoms with Gasteiger partial charge in [-0.3, -0.25) is 0 Å². The molecule has 0 spiro atoms. The van der Waals surface area contributed by atoms with Gasteiger partial charge in [0.2, 0.25) is 0 Å². The highest BCUT2D eigenvalue weighted by Gasteiger charge is 2.33. The molecule has 0 fully saturated rings. The maximum absolute atomic E-state index is 13.5. The molecule has 2 aromatic carbocycles. The summed E-state index contributed by atoms with van der Waals surface area (Å²) in [7, 11) is 0. The SMILES string of the molecule is OCc1ccc(Sc2ccc(F)cc2F)cc1C(F)(F)F. The van der Waals surface area contributed by atoms with Crippen LogP contribution in [0.5, 0.6) is 0 Å². The van der Waals surface area contributed by atoms with Crippen molar-refractivity contribution < 1.29 is 27.1 Å². The predicted molar refractivity (Wildman–Crippen MR) is 67.8 cm³/mol. The lowest BCUT2D eigenvalue weighted by molar-refractivity contribution is -0.138. The van der Waals surface area contributed by atoms with E-state index in [9.17, 15) is 22.0 Å². The average molecular weight is 320 g/mol. The fraction of sp³-hybridized carbons (Fsp3) is 0.143. The zero-order valence-corrected chi connectivity index (χ0v) is 11.2. The van der Waals surface area contributed by atoms with Gasteiger partial charge in [0.15, 0.2) is 0 Å². The second-order valence-corrected chi connectivity index (χ2v) is 5.27. The van der Waals surface area contributed by atoms with Crippen molar-refractivity contribution in [2.75, 3.05) is 0 Å². The Kier molecular flexibility index (Phi) is 4.53. The van der Waals surface area contributed by atoms with Gasteiger partial charge >= 0.3 is 6.18 Å². The third-order valence-corrected chi connectivity index (χ3v) is 3.72. The molecule has 2 aromatic rings. The van der Waals surface area contributed by atoms with E-state index in [0.29, 0.717) is 6.07 Å². The summed E-state index contributed by atoms with van der Waals surface area (Å²) < 4.78 is 64.8. The Bertz CT molecular complexity index is 654. The Morgan fingerprint density at radius 3 is 2.29 bits per heavy atom. The largest absolute Gasteiger partial charge is 0.416 e. The Hall–Kier alpha value is -1.60. The molecular weight excluding hydrogens is 311 g/mol. The first-order valence-corrected chi connectivity index (χ1v) is 6.57. The summed E-state index contributed by atoms with van der Waals surface area (Å²) >= 11 is 0.749. The third-order valence-electron chi connectivity index (χ3n) is 2.68. The maximum atomic E-state index is 13.5. The van der Waals surface area contributed by atoms with Gasteiger partial charge in [-0.2, -0.15) is 13.2 Å². The second kappa shape index (κ2) is 6.03.